The molecule has 1 amide bonds. The highest BCUT2D eigenvalue weighted by Crippen LogP contribution is 2.30. The number of carbonyl (C=O) groups is 1. The van der Waals surface area contributed by atoms with Crippen molar-refractivity contribution in [2.45, 2.75) is 38.5 Å². The summed E-state index contributed by atoms with van der Waals surface area (Å²) in [7, 11) is -4.13. The largest absolute Gasteiger partial charge is 0.461 e. The third-order valence-electron chi connectivity index (χ3n) is 7.16. The smallest absolute Gasteiger partial charge is 0.295 e. The lowest BCUT2D eigenvalue weighted by Gasteiger charge is -2.17. The van der Waals surface area contributed by atoms with Gasteiger partial charge in [-0.15, -0.1) is 0 Å². The van der Waals surface area contributed by atoms with Crippen molar-refractivity contribution in [3.63, 3.8) is 0 Å². The van der Waals surface area contributed by atoms with E-state index in [0.29, 0.717) is 16.6 Å². The minimum absolute atomic E-state index is 0.0457. The van der Waals surface area contributed by atoms with Crippen LogP contribution < -0.4 is 5.32 Å². The van der Waals surface area contributed by atoms with Crippen molar-refractivity contribution in [3.05, 3.63) is 108 Å². The Kier molecular flexibility index (Phi) is 10.1. The monoisotopic (exact) mass is 590 g/mol. The number of carbonyl (C=O) groups excluding carboxylic acids is 1. The second kappa shape index (κ2) is 13.7. The van der Waals surface area contributed by atoms with Crippen LogP contribution in [0.2, 0.25) is 0 Å². The van der Waals surface area contributed by atoms with Gasteiger partial charge in [-0.25, -0.2) is 4.39 Å². The number of benzene rings is 4. The SMILES string of the molecule is CCc1oc2ccc(NC(=O)c3ccc(F)cc3)cc2c1CCN(CC)CC.O=S(=O)(O)c1cccc2ccccc12. The lowest BCUT2D eigenvalue weighted by Crippen LogP contribution is -2.25. The number of amides is 1. The number of hydrogen-bond acceptors (Lipinski definition) is 5. The summed E-state index contributed by atoms with van der Waals surface area (Å²) in [5.41, 5.74) is 3.17. The van der Waals surface area contributed by atoms with E-state index in [-0.39, 0.29) is 16.6 Å². The molecular formula is C33H35FN2O5S. The summed E-state index contributed by atoms with van der Waals surface area (Å²) in [5.74, 6) is 0.383. The molecule has 5 rings (SSSR count). The van der Waals surface area contributed by atoms with Gasteiger partial charge in [-0.2, -0.15) is 8.42 Å². The molecule has 0 unspecified atom stereocenters. The summed E-state index contributed by atoms with van der Waals surface area (Å²) >= 11 is 0. The van der Waals surface area contributed by atoms with Gasteiger partial charge in [0.2, 0.25) is 0 Å². The van der Waals surface area contributed by atoms with Crippen LogP contribution >= 0.6 is 0 Å². The van der Waals surface area contributed by atoms with Gasteiger partial charge in [0.1, 0.15) is 22.1 Å². The zero-order valence-corrected chi connectivity index (χ0v) is 24.7. The van der Waals surface area contributed by atoms with Gasteiger partial charge in [0.25, 0.3) is 16.0 Å². The first-order chi connectivity index (χ1) is 20.1. The summed E-state index contributed by atoms with van der Waals surface area (Å²) in [4.78, 5) is 14.8. The number of nitrogens with zero attached hydrogens (tertiary/aromatic N) is 1. The van der Waals surface area contributed by atoms with Gasteiger partial charge in [0.15, 0.2) is 0 Å². The van der Waals surface area contributed by atoms with E-state index in [2.05, 4.69) is 31.0 Å². The van der Waals surface area contributed by atoms with Gasteiger partial charge in [-0.1, -0.05) is 57.2 Å². The lowest BCUT2D eigenvalue weighted by atomic mass is 10.0. The van der Waals surface area contributed by atoms with Crippen LogP contribution in [0.1, 0.15) is 42.5 Å². The molecule has 0 radical (unpaired) electrons. The van der Waals surface area contributed by atoms with Crippen LogP contribution in [0.25, 0.3) is 21.7 Å². The third kappa shape index (κ3) is 7.42. The zero-order valence-electron chi connectivity index (χ0n) is 23.9. The average Bonchev–Trinajstić information content (AvgIpc) is 3.34. The maximum absolute atomic E-state index is 13.1. The molecule has 0 aliphatic heterocycles. The topological polar surface area (TPSA) is 99.9 Å². The number of fused-ring (bicyclic) bond motifs is 2. The van der Waals surface area contributed by atoms with Gasteiger partial charge < -0.3 is 14.6 Å². The van der Waals surface area contributed by atoms with Crippen molar-refractivity contribution in [1.82, 2.24) is 4.90 Å². The van der Waals surface area contributed by atoms with Crippen molar-refractivity contribution in [1.29, 1.82) is 0 Å². The first-order valence-corrected chi connectivity index (χ1v) is 15.4. The number of anilines is 1. The minimum atomic E-state index is -4.13. The molecule has 7 nitrogen and oxygen atoms in total. The van der Waals surface area contributed by atoms with Crippen LogP contribution in [0, 0.1) is 5.82 Å². The Morgan fingerprint density at radius 3 is 2.26 bits per heavy atom. The Bertz CT molecular complexity index is 1770. The Morgan fingerprint density at radius 2 is 1.60 bits per heavy atom. The molecule has 0 fully saturated rings. The fourth-order valence-electron chi connectivity index (χ4n) is 4.87. The number of nitrogens with one attached hydrogen (secondary N) is 1. The summed E-state index contributed by atoms with van der Waals surface area (Å²) in [6.45, 7) is 9.44. The first-order valence-electron chi connectivity index (χ1n) is 13.9. The molecule has 2 N–H and O–H groups in total. The summed E-state index contributed by atoms with van der Waals surface area (Å²) in [6, 6.07) is 23.0. The van der Waals surface area contributed by atoms with E-state index >= 15 is 0 Å². The third-order valence-corrected chi connectivity index (χ3v) is 8.07. The van der Waals surface area contributed by atoms with Crippen LogP contribution in [-0.2, 0) is 23.0 Å². The molecule has 0 bridgehead atoms. The Labute approximate surface area is 245 Å². The van der Waals surface area contributed by atoms with Gasteiger partial charge in [-0.05, 0) is 73.4 Å². The first kappa shape index (κ1) is 30.9. The molecular weight excluding hydrogens is 555 g/mol. The molecule has 9 heteroatoms. The number of hydrogen-bond donors (Lipinski definition) is 2. The summed E-state index contributed by atoms with van der Waals surface area (Å²) in [6.07, 6.45) is 1.74. The molecule has 0 aliphatic carbocycles. The summed E-state index contributed by atoms with van der Waals surface area (Å²) in [5, 5.41) is 5.27. The molecule has 0 saturated heterocycles. The summed E-state index contributed by atoms with van der Waals surface area (Å²) < 4.78 is 50.1. The van der Waals surface area contributed by atoms with E-state index in [1.165, 1.54) is 35.9 Å². The van der Waals surface area contributed by atoms with Gasteiger partial charge >= 0.3 is 0 Å². The van der Waals surface area contributed by atoms with Gasteiger partial charge in [-0.3, -0.25) is 9.35 Å². The molecule has 4 aromatic carbocycles. The highest BCUT2D eigenvalue weighted by Gasteiger charge is 2.16. The molecule has 42 heavy (non-hydrogen) atoms. The molecule has 0 aliphatic rings. The van der Waals surface area contributed by atoms with E-state index < -0.39 is 10.1 Å². The highest BCUT2D eigenvalue weighted by molar-refractivity contribution is 7.86. The van der Waals surface area contributed by atoms with E-state index in [4.69, 9.17) is 8.97 Å². The zero-order chi connectivity index (χ0) is 30.3. The average molecular weight is 591 g/mol. The number of likely N-dealkylation sites (N-methyl/N-ethyl adjacent to an activating group) is 1. The van der Waals surface area contributed by atoms with Gasteiger partial charge in [0.05, 0.1) is 0 Å². The predicted octanol–water partition coefficient (Wildman–Crippen LogP) is 7.36. The van der Waals surface area contributed by atoms with E-state index in [9.17, 15) is 17.6 Å². The van der Waals surface area contributed by atoms with Crippen molar-refractivity contribution >= 4 is 43.5 Å². The molecule has 0 saturated carbocycles. The second-order valence-corrected chi connectivity index (χ2v) is 11.1. The van der Waals surface area contributed by atoms with Gasteiger partial charge in [0, 0.05) is 40.6 Å². The van der Waals surface area contributed by atoms with E-state index in [0.717, 1.165) is 54.6 Å². The molecule has 1 aromatic heterocycles. The van der Waals surface area contributed by atoms with Crippen molar-refractivity contribution in [2.24, 2.45) is 0 Å². The molecule has 220 valence electrons. The number of rotatable bonds is 9. The number of halogens is 1. The molecule has 5 aromatic rings. The number of furan rings is 1. The normalized spacial score (nSPS) is 11.5. The maximum atomic E-state index is 13.1. The number of aryl methyl sites for hydroxylation is 1. The Morgan fingerprint density at radius 1 is 0.905 bits per heavy atom. The van der Waals surface area contributed by atoms with E-state index in [1.54, 1.807) is 30.3 Å². The van der Waals surface area contributed by atoms with E-state index in [1.807, 2.05) is 24.3 Å². The second-order valence-electron chi connectivity index (χ2n) is 9.76. The van der Waals surface area contributed by atoms with Crippen LogP contribution in [0.5, 0.6) is 0 Å². The quantitative estimate of drug-likeness (QED) is 0.174. The Hall–Kier alpha value is -4.05. The Balaban J connectivity index is 0.000000241. The van der Waals surface area contributed by atoms with Crippen molar-refractivity contribution < 1.29 is 26.6 Å². The highest BCUT2D eigenvalue weighted by atomic mass is 32.2. The molecule has 1 heterocycles. The predicted molar refractivity (Wildman–Crippen MR) is 165 cm³/mol. The minimum Gasteiger partial charge on any atom is -0.461 e. The van der Waals surface area contributed by atoms with Crippen molar-refractivity contribution in [2.75, 3.05) is 25.0 Å². The fourth-order valence-corrected chi connectivity index (χ4v) is 5.59. The molecule has 0 atom stereocenters. The molecule has 0 spiro atoms. The fraction of sp³-hybridized carbons (Fsp3) is 0.242. The lowest BCUT2D eigenvalue weighted by molar-refractivity contribution is 0.102. The van der Waals surface area contributed by atoms with Crippen LogP contribution in [0.3, 0.4) is 0 Å². The van der Waals surface area contributed by atoms with Crippen LogP contribution in [0.15, 0.2) is 94.2 Å². The van der Waals surface area contributed by atoms with Crippen molar-refractivity contribution in [3.8, 4) is 0 Å². The maximum Gasteiger partial charge on any atom is 0.295 e. The van der Waals surface area contributed by atoms with Crippen LogP contribution in [-0.4, -0.2) is 43.4 Å². The standard InChI is InChI=1S/C23H27FN2O2.C10H8O3S/c1-4-21-19(13-14-26(5-2)6-3)20-15-18(11-12-22(20)28-21)25-23(27)16-7-9-17(24)10-8-16;11-14(12,13)10-7-3-5-8-4-1-2-6-9(8)10/h7-12,15H,4-6,13-14H2,1-3H3,(H,25,27);1-7H,(H,11,12,13). The van der Waals surface area contributed by atoms with Crippen LogP contribution in [0.4, 0.5) is 10.1 Å².